The summed E-state index contributed by atoms with van der Waals surface area (Å²) in [5.74, 6) is -1.20. The average Bonchev–Trinajstić information content (AvgIpc) is 2.39. The molecule has 1 rings (SSSR count). The first-order valence-corrected chi connectivity index (χ1v) is 6.02. The number of nitrogens with zero attached hydrogens (tertiary/aromatic N) is 1. The molecule has 1 fully saturated rings. The van der Waals surface area contributed by atoms with E-state index < -0.39 is 23.7 Å². The van der Waals surface area contributed by atoms with Crippen molar-refractivity contribution in [3.63, 3.8) is 0 Å². The lowest BCUT2D eigenvalue weighted by Gasteiger charge is -2.32. The van der Waals surface area contributed by atoms with Crippen LogP contribution in [-0.2, 0) is 9.53 Å². The highest BCUT2D eigenvalue weighted by Gasteiger charge is 2.29. The smallest absolute Gasteiger partial charge is 0.410 e. The third-order valence-corrected chi connectivity index (χ3v) is 2.65. The maximum atomic E-state index is 11.9. The van der Waals surface area contributed by atoms with Gasteiger partial charge in [0.1, 0.15) is 5.60 Å². The topological polar surface area (TPSA) is 69.7 Å². The Morgan fingerprint density at radius 1 is 1.24 bits per heavy atom. The number of ether oxygens (including phenoxy) is 1. The van der Waals surface area contributed by atoms with Crippen LogP contribution >= 0.6 is 0 Å². The third-order valence-electron chi connectivity index (χ3n) is 2.65. The van der Waals surface area contributed by atoms with Gasteiger partial charge in [-0.2, -0.15) is 0 Å². The number of carbonyl (C=O) groups excluding carboxylic acids is 2. The summed E-state index contributed by atoms with van der Waals surface area (Å²) in [5.41, 5.74) is -0.611. The van der Waals surface area contributed by atoms with Gasteiger partial charge in [-0.25, -0.2) is 4.79 Å². The quantitative estimate of drug-likeness (QED) is 0.685. The van der Waals surface area contributed by atoms with Gasteiger partial charge in [-0.3, -0.25) is 4.90 Å². The van der Waals surface area contributed by atoms with E-state index in [1.54, 1.807) is 20.8 Å². The molecule has 0 spiro atoms. The van der Waals surface area contributed by atoms with E-state index in [1.165, 1.54) is 4.90 Å². The lowest BCUT2D eigenvalue weighted by molar-refractivity contribution is -0.311. The summed E-state index contributed by atoms with van der Waals surface area (Å²) >= 11 is 0. The lowest BCUT2D eigenvalue weighted by atomic mass is 10.1. The second-order valence-corrected chi connectivity index (χ2v) is 5.36. The molecule has 0 N–H and O–H groups in total. The molecule has 0 aromatic carbocycles. The van der Waals surface area contributed by atoms with Crippen molar-refractivity contribution in [1.29, 1.82) is 0 Å². The zero-order valence-corrected chi connectivity index (χ0v) is 10.7. The van der Waals surface area contributed by atoms with Crippen molar-refractivity contribution < 1.29 is 19.4 Å². The molecule has 1 amide bonds. The normalized spacial score (nSPS) is 21.8. The summed E-state index contributed by atoms with van der Waals surface area (Å²) in [6.45, 7) is 5.71. The SMILES string of the molecule is CC(C)(C)OC(=O)N1CCCCCC1C(=O)[O-]. The van der Waals surface area contributed by atoms with Gasteiger partial charge >= 0.3 is 6.09 Å². The largest absolute Gasteiger partial charge is 0.548 e. The maximum Gasteiger partial charge on any atom is 0.410 e. The minimum atomic E-state index is -1.20. The van der Waals surface area contributed by atoms with Crippen molar-refractivity contribution >= 4 is 12.1 Å². The van der Waals surface area contributed by atoms with Crippen molar-refractivity contribution in [3.8, 4) is 0 Å². The van der Waals surface area contributed by atoms with Crippen LogP contribution in [0.4, 0.5) is 4.79 Å². The summed E-state index contributed by atoms with van der Waals surface area (Å²) in [5, 5.41) is 11.0. The summed E-state index contributed by atoms with van der Waals surface area (Å²) in [6, 6.07) is -0.854. The van der Waals surface area contributed by atoms with Crippen molar-refractivity contribution in [2.24, 2.45) is 0 Å². The second kappa shape index (κ2) is 5.38. The van der Waals surface area contributed by atoms with E-state index in [0.717, 1.165) is 19.3 Å². The standard InChI is InChI=1S/C12H21NO4/c1-12(2,3)17-11(16)13-8-6-4-5-7-9(13)10(14)15/h9H,4-8H2,1-3H3,(H,14,15)/p-1. The Labute approximate surface area is 102 Å². The number of carboxylic acids is 1. The van der Waals surface area contributed by atoms with Crippen molar-refractivity contribution in [2.75, 3.05) is 6.54 Å². The van der Waals surface area contributed by atoms with Gasteiger partial charge in [0, 0.05) is 6.54 Å². The molecule has 1 aliphatic rings. The molecule has 0 aliphatic carbocycles. The van der Waals surface area contributed by atoms with Crippen molar-refractivity contribution in [2.45, 2.75) is 58.1 Å². The summed E-state index contributed by atoms with van der Waals surface area (Å²) in [6.07, 6.45) is 2.43. The second-order valence-electron chi connectivity index (χ2n) is 5.36. The number of carbonyl (C=O) groups is 2. The molecule has 0 aromatic rings. The number of rotatable bonds is 1. The molecule has 5 nitrogen and oxygen atoms in total. The lowest BCUT2D eigenvalue weighted by Crippen LogP contribution is -2.51. The Hall–Kier alpha value is -1.26. The predicted octanol–water partition coefficient (Wildman–Crippen LogP) is 0.916. The highest BCUT2D eigenvalue weighted by Crippen LogP contribution is 2.19. The van der Waals surface area contributed by atoms with E-state index >= 15 is 0 Å². The van der Waals surface area contributed by atoms with E-state index in [9.17, 15) is 14.7 Å². The van der Waals surface area contributed by atoms with Gasteiger partial charge in [0.25, 0.3) is 0 Å². The predicted molar refractivity (Wildman–Crippen MR) is 60.2 cm³/mol. The van der Waals surface area contributed by atoms with Crippen LogP contribution in [0.25, 0.3) is 0 Å². The first-order chi connectivity index (χ1) is 7.81. The van der Waals surface area contributed by atoms with Gasteiger partial charge in [-0.1, -0.05) is 12.8 Å². The Morgan fingerprint density at radius 2 is 1.88 bits per heavy atom. The Balaban J connectivity index is 2.75. The molecule has 0 radical (unpaired) electrons. The van der Waals surface area contributed by atoms with E-state index in [1.807, 2.05) is 0 Å². The summed E-state index contributed by atoms with van der Waals surface area (Å²) in [4.78, 5) is 24.2. The molecular formula is C12H20NO4-. The third kappa shape index (κ3) is 4.24. The molecular weight excluding hydrogens is 222 g/mol. The van der Waals surface area contributed by atoms with E-state index in [0.29, 0.717) is 13.0 Å². The fraction of sp³-hybridized carbons (Fsp3) is 0.833. The maximum absolute atomic E-state index is 11.9. The summed E-state index contributed by atoms with van der Waals surface area (Å²) < 4.78 is 5.21. The number of hydrogen-bond acceptors (Lipinski definition) is 4. The average molecular weight is 242 g/mol. The van der Waals surface area contributed by atoms with Crippen molar-refractivity contribution in [1.82, 2.24) is 4.90 Å². The van der Waals surface area contributed by atoms with Crippen LogP contribution in [0.2, 0.25) is 0 Å². The molecule has 1 atom stereocenters. The van der Waals surface area contributed by atoms with Gasteiger partial charge in [0.05, 0.1) is 12.0 Å². The molecule has 5 heteroatoms. The fourth-order valence-electron chi connectivity index (χ4n) is 1.89. The molecule has 0 saturated carbocycles. The molecule has 1 heterocycles. The highest BCUT2D eigenvalue weighted by atomic mass is 16.6. The Bertz CT molecular complexity index is 295. The van der Waals surface area contributed by atoms with E-state index in [-0.39, 0.29) is 0 Å². The minimum Gasteiger partial charge on any atom is -0.548 e. The zero-order chi connectivity index (χ0) is 13.1. The molecule has 0 aromatic heterocycles. The number of aliphatic carboxylic acids is 1. The fourth-order valence-corrected chi connectivity index (χ4v) is 1.89. The number of amides is 1. The van der Waals surface area contributed by atoms with Crippen molar-refractivity contribution in [3.05, 3.63) is 0 Å². The molecule has 98 valence electrons. The molecule has 17 heavy (non-hydrogen) atoms. The van der Waals surface area contributed by atoms with Crippen LogP contribution in [0.15, 0.2) is 0 Å². The molecule has 1 saturated heterocycles. The van der Waals surface area contributed by atoms with Crippen LogP contribution in [0, 0.1) is 0 Å². The van der Waals surface area contributed by atoms with E-state index in [2.05, 4.69) is 0 Å². The summed E-state index contributed by atoms with van der Waals surface area (Å²) in [7, 11) is 0. The Morgan fingerprint density at radius 3 is 2.41 bits per heavy atom. The first kappa shape index (κ1) is 13.8. The van der Waals surface area contributed by atoms with Crippen LogP contribution in [0.5, 0.6) is 0 Å². The number of carboxylic acid groups (broad SMARTS) is 1. The van der Waals surface area contributed by atoms with Gasteiger partial charge in [-0.05, 0) is 33.6 Å². The molecule has 0 bridgehead atoms. The van der Waals surface area contributed by atoms with Crippen LogP contribution in [0.3, 0.4) is 0 Å². The Kier molecular flexibility index (Phi) is 4.37. The van der Waals surface area contributed by atoms with Gasteiger partial charge in [-0.15, -0.1) is 0 Å². The van der Waals surface area contributed by atoms with Crippen LogP contribution < -0.4 is 5.11 Å². The monoisotopic (exact) mass is 242 g/mol. The van der Waals surface area contributed by atoms with Crippen LogP contribution in [0.1, 0.15) is 46.5 Å². The van der Waals surface area contributed by atoms with Gasteiger partial charge < -0.3 is 14.6 Å². The highest BCUT2D eigenvalue weighted by molar-refractivity contribution is 5.79. The van der Waals surface area contributed by atoms with E-state index in [4.69, 9.17) is 4.74 Å². The number of hydrogen-bond donors (Lipinski definition) is 0. The molecule has 1 unspecified atom stereocenters. The van der Waals surface area contributed by atoms with Gasteiger partial charge in [0.15, 0.2) is 0 Å². The van der Waals surface area contributed by atoms with Gasteiger partial charge in [0.2, 0.25) is 0 Å². The number of likely N-dealkylation sites (tertiary alicyclic amines) is 1. The minimum absolute atomic E-state index is 0.424. The van der Waals surface area contributed by atoms with Crippen LogP contribution in [-0.4, -0.2) is 35.2 Å². The molecule has 1 aliphatic heterocycles. The first-order valence-electron chi connectivity index (χ1n) is 6.02. The zero-order valence-electron chi connectivity index (χ0n) is 10.7.